The molecule has 2 aromatic rings. The van der Waals surface area contributed by atoms with Crippen LogP contribution in [0.25, 0.3) is 0 Å². The molecule has 1 heterocycles. The van der Waals surface area contributed by atoms with E-state index < -0.39 is 17.8 Å². The summed E-state index contributed by atoms with van der Waals surface area (Å²) in [5, 5.41) is 13.4. The molecular weight excluding hydrogens is 431 g/mol. The first kappa shape index (κ1) is 21.9. The molecule has 1 aliphatic rings. The summed E-state index contributed by atoms with van der Waals surface area (Å²) in [5.41, 5.74) is 1.95. The third-order valence-electron chi connectivity index (χ3n) is 4.67. The van der Waals surface area contributed by atoms with Crippen LogP contribution in [0.1, 0.15) is 25.5 Å². The van der Waals surface area contributed by atoms with Gasteiger partial charge in [-0.3, -0.25) is 4.90 Å². The number of rotatable bonds is 5. The Hall–Kier alpha value is -2.84. The molecule has 0 amide bonds. The number of methoxy groups -OCH3 is 1. The average molecular weight is 451 g/mol. The van der Waals surface area contributed by atoms with E-state index >= 15 is 0 Å². The van der Waals surface area contributed by atoms with Crippen LogP contribution in [0.3, 0.4) is 0 Å². The Bertz CT molecular complexity index is 1040. The van der Waals surface area contributed by atoms with Crippen LogP contribution in [0.5, 0.6) is 11.5 Å². The van der Waals surface area contributed by atoms with Gasteiger partial charge in [-0.15, -0.1) is 0 Å². The SMILES string of the molecule is CCOc1cc([C@@H]2NC(=S)N(c3ccc(F)c(Cl)c3)C(C)=C2C(=O)OC)ccc1O. The summed E-state index contributed by atoms with van der Waals surface area (Å²) in [6.45, 7) is 3.88. The molecule has 0 unspecified atom stereocenters. The summed E-state index contributed by atoms with van der Waals surface area (Å²) in [6, 6.07) is 8.32. The Balaban J connectivity index is 2.14. The molecule has 2 aromatic carbocycles. The molecule has 0 saturated carbocycles. The molecule has 0 radical (unpaired) electrons. The van der Waals surface area contributed by atoms with Gasteiger partial charge in [0.15, 0.2) is 16.6 Å². The van der Waals surface area contributed by atoms with Crippen LogP contribution in [0.4, 0.5) is 10.1 Å². The maximum atomic E-state index is 13.6. The van der Waals surface area contributed by atoms with E-state index in [0.717, 1.165) is 0 Å². The van der Waals surface area contributed by atoms with Crippen molar-refractivity contribution in [3.63, 3.8) is 0 Å². The first-order valence-corrected chi connectivity index (χ1v) is 9.87. The topological polar surface area (TPSA) is 71.0 Å². The number of aromatic hydroxyl groups is 1. The number of carbonyl (C=O) groups excluding carboxylic acids is 1. The fraction of sp³-hybridized carbons (Fsp3) is 0.238. The minimum absolute atomic E-state index is 0.0121. The second-order valence-electron chi connectivity index (χ2n) is 6.47. The van der Waals surface area contributed by atoms with E-state index in [2.05, 4.69) is 5.32 Å². The molecular formula is C21H20ClFN2O4S. The number of hydrogen-bond acceptors (Lipinski definition) is 5. The molecule has 1 aliphatic heterocycles. The average Bonchev–Trinajstić information content (AvgIpc) is 2.71. The Morgan fingerprint density at radius 3 is 2.70 bits per heavy atom. The third kappa shape index (κ3) is 4.06. The van der Waals surface area contributed by atoms with E-state index in [9.17, 15) is 14.3 Å². The number of halogens is 2. The first-order valence-electron chi connectivity index (χ1n) is 9.09. The van der Waals surface area contributed by atoms with Crippen molar-refractivity contribution in [3.05, 3.63) is 64.1 Å². The van der Waals surface area contributed by atoms with E-state index in [1.54, 1.807) is 30.9 Å². The van der Waals surface area contributed by atoms with Crippen molar-refractivity contribution in [3.8, 4) is 11.5 Å². The highest BCUT2D eigenvalue weighted by Gasteiger charge is 2.35. The Labute approximate surface area is 183 Å². The second kappa shape index (κ2) is 8.89. The number of phenolic OH excluding ortho intramolecular Hbond substituents is 1. The molecule has 0 spiro atoms. The fourth-order valence-electron chi connectivity index (χ4n) is 3.28. The monoisotopic (exact) mass is 450 g/mol. The molecule has 30 heavy (non-hydrogen) atoms. The van der Waals surface area contributed by atoms with Gasteiger partial charge in [0.05, 0.1) is 30.4 Å². The molecule has 0 aromatic heterocycles. The number of benzene rings is 2. The summed E-state index contributed by atoms with van der Waals surface area (Å²) >= 11 is 11.5. The molecule has 0 saturated heterocycles. The molecule has 1 atom stereocenters. The Morgan fingerprint density at radius 2 is 2.07 bits per heavy atom. The number of hydrogen-bond donors (Lipinski definition) is 2. The first-order chi connectivity index (χ1) is 14.3. The van der Waals surface area contributed by atoms with Gasteiger partial charge in [0.2, 0.25) is 0 Å². The van der Waals surface area contributed by atoms with Crippen molar-refractivity contribution < 1.29 is 23.8 Å². The highest BCUT2D eigenvalue weighted by atomic mass is 35.5. The Kier molecular flexibility index (Phi) is 6.48. The second-order valence-corrected chi connectivity index (χ2v) is 7.26. The predicted molar refractivity (Wildman–Crippen MR) is 116 cm³/mol. The highest BCUT2D eigenvalue weighted by Crippen LogP contribution is 2.37. The summed E-state index contributed by atoms with van der Waals surface area (Å²) < 4.78 is 24.1. The summed E-state index contributed by atoms with van der Waals surface area (Å²) in [5.74, 6) is -0.840. The molecule has 2 N–H and O–H groups in total. The van der Waals surface area contributed by atoms with Crippen molar-refractivity contribution in [2.45, 2.75) is 19.9 Å². The zero-order valence-electron chi connectivity index (χ0n) is 16.5. The lowest BCUT2D eigenvalue weighted by molar-refractivity contribution is -0.136. The molecule has 9 heteroatoms. The van der Waals surface area contributed by atoms with Gasteiger partial charge in [-0.1, -0.05) is 17.7 Å². The largest absolute Gasteiger partial charge is 0.504 e. The summed E-state index contributed by atoms with van der Waals surface area (Å²) in [7, 11) is 1.29. The van der Waals surface area contributed by atoms with Gasteiger partial charge in [-0.25, -0.2) is 9.18 Å². The van der Waals surface area contributed by atoms with Crippen LogP contribution < -0.4 is 15.0 Å². The van der Waals surface area contributed by atoms with Gasteiger partial charge < -0.3 is 19.9 Å². The highest BCUT2D eigenvalue weighted by molar-refractivity contribution is 7.80. The number of nitrogens with zero attached hydrogens (tertiary/aromatic N) is 1. The normalized spacial score (nSPS) is 16.4. The van der Waals surface area contributed by atoms with E-state index in [4.69, 9.17) is 33.3 Å². The maximum Gasteiger partial charge on any atom is 0.337 e. The van der Waals surface area contributed by atoms with E-state index in [1.165, 1.54) is 31.4 Å². The molecule has 6 nitrogen and oxygen atoms in total. The quantitative estimate of drug-likeness (QED) is 0.514. The van der Waals surface area contributed by atoms with Gasteiger partial charge in [-0.05, 0) is 62.0 Å². The number of anilines is 1. The standard InChI is InChI=1S/C21H20ClFN2O4S/c1-4-29-17-9-12(5-8-16(17)26)19-18(20(27)28-3)11(2)25(21(30)24-19)13-6-7-15(23)14(22)10-13/h5-10,19,26H,4H2,1-3H3,(H,24,30)/t19-/m0/s1. The van der Waals surface area contributed by atoms with Gasteiger partial charge in [0.25, 0.3) is 0 Å². The molecule has 158 valence electrons. The van der Waals surface area contributed by atoms with Crippen LogP contribution in [0.15, 0.2) is 47.7 Å². The van der Waals surface area contributed by atoms with Gasteiger partial charge in [0.1, 0.15) is 5.82 Å². The molecule has 0 fully saturated rings. The molecule has 0 bridgehead atoms. The lowest BCUT2D eigenvalue weighted by atomic mass is 9.94. The fourth-order valence-corrected chi connectivity index (χ4v) is 3.82. The molecule has 0 aliphatic carbocycles. The summed E-state index contributed by atoms with van der Waals surface area (Å²) in [6.07, 6.45) is 0. The van der Waals surface area contributed by atoms with E-state index in [1.807, 2.05) is 0 Å². The van der Waals surface area contributed by atoms with Crippen molar-refractivity contribution in [1.82, 2.24) is 5.32 Å². The van der Waals surface area contributed by atoms with Gasteiger partial charge in [0, 0.05) is 11.4 Å². The number of ether oxygens (including phenoxy) is 2. The lowest BCUT2D eigenvalue weighted by Crippen LogP contribution is -2.48. The predicted octanol–water partition coefficient (Wildman–Crippen LogP) is 4.47. The minimum Gasteiger partial charge on any atom is -0.504 e. The van der Waals surface area contributed by atoms with Crippen molar-refractivity contribution in [1.29, 1.82) is 0 Å². The van der Waals surface area contributed by atoms with Gasteiger partial charge in [-0.2, -0.15) is 0 Å². The smallest absolute Gasteiger partial charge is 0.337 e. The molecule has 3 rings (SSSR count). The van der Waals surface area contributed by atoms with E-state index in [-0.39, 0.29) is 16.5 Å². The number of thiocarbonyl (C=S) groups is 1. The number of carbonyl (C=O) groups is 1. The van der Waals surface area contributed by atoms with E-state index in [0.29, 0.717) is 34.2 Å². The van der Waals surface area contributed by atoms with Gasteiger partial charge >= 0.3 is 5.97 Å². The number of allylic oxidation sites excluding steroid dienone is 1. The lowest BCUT2D eigenvalue weighted by Gasteiger charge is -2.37. The van der Waals surface area contributed by atoms with Crippen molar-refractivity contribution >= 4 is 40.6 Å². The van der Waals surface area contributed by atoms with Crippen molar-refractivity contribution in [2.75, 3.05) is 18.6 Å². The van der Waals surface area contributed by atoms with Crippen LogP contribution in [0, 0.1) is 5.82 Å². The number of phenols is 1. The van der Waals surface area contributed by atoms with Crippen LogP contribution in [0.2, 0.25) is 5.02 Å². The van der Waals surface area contributed by atoms with Crippen LogP contribution in [-0.4, -0.2) is 29.9 Å². The van der Waals surface area contributed by atoms with Crippen LogP contribution in [-0.2, 0) is 9.53 Å². The maximum absolute atomic E-state index is 13.6. The summed E-state index contributed by atoms with van der Waals surface area (Å²) in [4.78, 5) is 14.3. The number of nitrogens with one attached hydrogen (secondary N) is 1. The van der Waals surface area contributed by atoms with Crippen LogP contribution >= 0.6 is 23.8 Å². The Morgan fingerprint density at radius 1 is 1.33 bits per heavy atom. The minimum atomic E-state index is -0.642. The zero-order chi connectivity index (χ0) is 22.0. The number of esters is 1. The zero-order valence-corrected chi connectivity index (χ0v) is 18.1. The third-order valence-corrected chi connectivity index (χ3v) is 5.26. The van der Waals surface area contributed by atoms with Crippen molar-refractivity contribution in [2.24, 2.45) is 0 Å².